The van der Waals surface area contributed by atoms with E-state index in [2.05, 4.69) is 6.92 Å². The second-order valence-electron chi connectivity index (χ2n) is 4.61. The van der Waals surface area contributed by atoms with Crippen LogP contribution in [-0.4, -0.2) is 13.1 Å². The molecule has 0 aliphatic heterocycles. The van der Waals surface area contributed by atoms with Gasteiger partial charge < -0.3 is 4.74 Å². The van der Waals surface area contributed by atoms with E-state index in [0.29, 0.717) is 0 Å². The zero-order valence-corrected chi connectivity index (χ0v) is 11.2. The molecule has 0 aliphatic rings. The fraction of sp³-hybridized carbons (Fsp3) is 0.235. The maximum Gasteiger partial charge on any atom is 0.313 e. The maximum atomic E-state index is 12.1. The largest absolute Gasteiger partial charge is 0.469 e. The Kier molecular flexibility index (Phi) is 4.35. The highest BCUT2D eigenvalue weighted by atomic mass is 16.5. The average molecular weight is 254 g/mol. The van der Waals surface area contributed by atoms with Crippen molar-refractivity contribution in [2.45, 2.75) is 18.8 Å². The molecule has 0 bridgehead atoms. The number of hydrogen-bond acceptors (Lipinski definition) is 2. The molecule has 98 valence electrons. The first-order chi connectivity index (χ1) is 9.24. The van der Waals surface area contributed by atoms with Crippen molar-refractivity contribution >= 4 is 5.97 Å². The normalized spacial score (nSPS) is 13.6. The van der Waals surface area contributed by atoms with Gasteiger partial charge in [-0.05, 0) is 17.0 Å². The van der Waals surface area contributed by atoms with Gasteiger partial charge in [0, 0.05) is 0 Å². The number of benzene rings is 2. The number of methoxy groups -OCH3 is 1. The van der Waals surface area contributed by atoms with Crippen molar-refractivity contribution in [2.75, 3.05) is 7.11 Å². The summed E-state index contributed by atoms with van der Waals surface area (Å²) in [5, 5.41) is 0. The standard InChI is InChI=1S/C17H18O2/c1-13(14-9-5-3-6-10-14)16(17(18)19-2)15-11-7-4-8-12-15/h3-13,16H,1-2H3/t13-,16+/m0/s1. The van der Waals surface area contributed by atoms with Crippen LogP contribution in [0.3, 0.4) is 0 Å². The zero-order valence-electron chi connectivity index (χ0n) is 11.2. The zero-order chi connectivity index (χ0) is 13.7. The molecule has 0 saturated heterocycles. The van der Waals surface area contributed by atoms with Crippen LogP contribution in [0.1, 0.15) is 29.9 Å². The van der Waals surface area contributed by atoms with Crippen molar-refractivity contribution in [1.29, 1.82) is 0 Å². The van der Waals surface area contributed by atoms with Crippen molar-refractivity contribution < 1.29 is 9.53 Å². The van der Waals surface area contributed by atoms with E-state index in [1.165, 1.54) is 7.11 Å². The van der Waals surface area contributed by atoms with Gasteiger partial charge in [0.15, 0.2) is 0 Å². The third-order valence-corrected chi connectivity index (χ3v) is 3.44. The van der Waals surface area contributed by atoms with Crippen LogP contribution in [0.25, 0.3) is 0 Å². The highest BCUT2D eigenvalue weighted by molar-refractivity contribution is 5.79. The summed E-state index contributed by atoms with van der Waals surface area (Å²) in [4.78, 5) is 12.1. The number of carbonyl (C=O) groups excluding carboxylic acids is 1. The Balaban J connectivity index is 2.36. The van der Waals surface area contributed by atoms with Gasteiger partial charge in [0.2, 0.25) is 0 Å². The minimum atomic E-state index is -0.270. The Hall–Kier alpha value is -2.09. The molecule has 2 heteroatoms. The van der Waals surface area contributed by atoms with E-state index >= 15 is 0 Å². The molecule has 2 aromatic rings. The van der Waals surface area contributed by atoms with Gasteiger partial charge in [-0.15, -0.1) is 0 Å². The summed E-state index contributed by atoms with van der Waals surface area (Å²) in [5.41, 5.74) is 2.13. The maximum absolute atomic E-state index is 12.1. The predicted octanol–water partition coefficient (Wildman–Crippen LogP) is 3.75. The van der Waals surface area contributed by atoms with Gasteiger partial charge in [0.1, 0.15) is 0 Å². The molecule has 0 aromatic heterocycles. The second kappa shape index (κ2) is 6.19. The summed E-state index contributed by atoms with van der Waals surface area (Å²) in [6.07, 6.45) is 0. The highest BCUT2D eigenvalue weighted by Gasteiger charge is 2.28. The molecular weight excluding hydrogens is 236 g/mol. The van der Waals surface area contributed by atoms with Crippen LogP contribution in [0.2, 0.25) is 0 Å². The number of esters is 1. The molecule has 2 nitrogen and oxygen atoms in total. The first kappa shape index (κ1) is 13.3. The van der Waals surface area contributed by atoms with E-state index in [-0.39, 0.29) is 17.8 Å². The van der Waals surface area contributed by atoms with Gasteiger partial charge in [-0.2, -0.15) is 0 Å². The minimum absolute atomic E-state index is 0.0797. The first-order valence-electron chi connectivity index (χ1n) is 6.41. The van der Waals surface area contributed by atoms with Crippen molar-refractivity contribution in [3.63, 3.8) is 0 Å². The molecular formula is C17H18O2. The molecule has 0 spiro atoms. The highest BCUT2D eigenvalue weighted by Crippen LogP contribution is 2.33. The quantitative estimate of drug-likeness (QED) is 0.777. The van der Waals surface area contributed by atoms with Crippen molar-refractivity contribution in [2.24, 2.45) is 0 Å². The lowest BCUT2D eigenvalue weighted by molar-refractivity contribution is -0.142. The molecule has 0 aliphatic carbocycles. The molecule has 0 radical (unpaired) electrons. The van der Waals surface area contributed by atoms with Crippen LogP contribution in [0.5, 0.6) is 0 Å². The second-order valence-corrected chi connectivity index (χ2v) is 4.61. The number of carbonyl (C=O) groups is 1. The molecule has 19 heavy (non-hydrogen) atoms. The summed E-state index contributed by atoms with van der Waals surface area (Å²) < 4.78 is 4.97. The Bertz CT molecular complexity index is 519. The third-order valence-electron chi connectivity index (χ3n) is 3.44. The van der Waals surface area contributed by atoms with Crippen LogP contribution in [0.4, 0.5) is 0 Å². The minimum Gasteiger partial charge on any atom is -0.469 e. The molecule has 0 saturated carbocycles. The van der Waals surface area contributed by atoms with Gasteiger partial charge in [-0.1, -0.05) is 67.6 Å². The molecule has 0 heterocycles. The molecule has 0 fully saturated rings. The van der Waals surface area contributed by atoms with E-state index in [1.807, 2.05) is 60.7 Å². The summed E-state index contributed by atoms with van der Waals surface area (Å²) in [5.74, 6) is -0.382. The smallest absolute Gasteiger partial charge is 0.313 e. The Labute approximate surface area is 114 Å². The summed E-state index contributed by atoms with van der Waals surface area (Å²) in [6, 6.07) is 19.8. The Morgan fingerprint density at radius 1 is 0.895 bits per heavy atom. The van der Waals surface area contributed by atoms with Crippen LogP contribution in [0, 0.1) is 0 Å². The molecule has 0 N–H and O–H groups in total. The van der Waals surface area contributed by atoms with E-state index in [1.54, 1.807) is 0 Å². The Morgan fingerprint density at radius 3 is 1.84 bits per heavy atom. The summed E-state index contributed by atoms with van der Waals surface area (Å²) >= 11 is 0. The van der Waals surface area contributed by atoms with Gasteiger partial charge in [-0.25, -0.2) is 0 Å². The SMILES string of the molecule is COC(=O)[C@@H](c1ccccc1)[C@@H](C)c1ccccc1. The van der Waals surface area contributed by atoms with Gasteiger partial charge in [0.25, 0.3) is 0 Å². The third kappa shape index (κ3) is 3.02. The van der Waals surface area contributed by atoms with Crippen molar-refractivity contribution in [3.05, 3.63) is 71.8 Å². The molecule has 2 aromatic carbocycles. The summed E-state index contributed by atoms with van der Waals surface area (Å²) in [6.45, 7) is 2.06. The molecule has 0 unspecified atom stereocenters. The lowest BCUT2D eigenvalue weighted by Crippen LogP contribution is -2.20. The number of ether oxygens (including phenoxy) is 1. The fourth-order valence-electron chi connectivity index (χ4n) is 2.37. The van der Waals surface area contributed by atoms with Crippen LogP contribution >= 0.6 is 0 Å². The van der Waals surface area contributed by atoms with Crippen LogP contribution in [-0.2, 0) is 9.53 Å². The van der Waals surface area contributed by atoms with Gasteiger partial charge in [-0.3, -0.25) is 4.79 Å². The molecule has 0 amide bonds. The lowest BCUT2D eigenvalue weighted by Gasteiger charge is -2.22. The van der Waals surface area contributed by atoms with Crippen molar-refractivity contribution in [1.82, 2.24) is 0 Å². The van der Waals surface area contributed by atoms with E-state index in [9.17, 15) is 4.79 Å². The van der Waals surface area contributed by atoms with Crippen molar-refractivity contribution in [3.8, 4) is 0 Å². The van der Waals surface area contributed by atoms with E-state index < -0.39 is 0 Å². The fourth-order valence-corrected chi connectivity index (χ4v) is 2.37. The van der Waals surface area contributed by atoms with Crippen LogP contribution < -0.4 is 0 Å². The van der Waals surface area contributed by atoms with E-state index in [4.69, 9.17) is 4.74 Å². The lowest BCUT2D eigenvalue weighted by atomic mass is 9.83. The van der Waals surface area contributed by atoms with Gasteiger partial charge >= 0.3 is 5.97 Å². The molecule has 2 rings (SSSR count). The number of rotatable bonds is 4. The predicted molar refractivity (Wildman–Crippen MR) is 76.1 cm³/mol. The first-order valence-corrected chi connectivity index (χ1v) is 6.41. The monoisotopic (exact) mass is 254 g/mol. The molecule has 2 atom stereocenters. The average Bonchev–Trinajstić information content (AvgIpc) is 2.49. The number of hydrogen-bond donors (Lipinski definition) is 0. The topological polar surface area (TPSA) is 26.3 Å². The van der Waals surface area contributed by atoms with Crippen LogP contribution in [0.15, 0.2) is 60.7 Å². The van der Waals surface area contributed by atoms with Gasteiger partial charge in [0.05, 0.1) is 13.0 Å². The van der Waals surface area contributed by atoms with E-state index in [0.717, 1.165) is 11.1 Å². The summed E-state index contributed by atoms with van der Waals surface area (Å²) in [7, 11) is 1.44. The Morgan fingerprint density at radius 2 is 1.37 bits per heavy atom.